The highest BCUT2D eigenvalue weighted by Gasteiger charge is 2.23. The second-order valence-electron chi connectivity index (χ2n) is 6.95. The Balaban J connectivity index is 2.71. The summed E-state index contributed by atoms with van der Waals surface area (Å²) < 4.78 is 34.7. The van der Waals surface area contributed by atoms with Gasteiger partial charge in [0, 0.05) is 13.1 Å². The van der Waals surface area contributed by atoms with E-state index in [-0.39, 0.29) is 24.6 Å². The van der Waals surface area contributed by atoms with Gasteiger partial charge in [-0.1, -0.05) is 29.8 Å². The van der Waals surface area contributed by atoms with Gasteiger partial charge in [0.15, 0.2) is 0 Å². The number of hydrogen-bond acceptors (Lipinski definition) is 5. The van der Waals surface area contributed by atoms with E-state index in [1.807, 2.05) is 6.92 Å². The van der Waals surface area contributed by atoms with Gasteiger partial charge >= 0.3 is 6.09 Å². The summed E-state index contributed by atoms with van der Waals surface area (Å²) in [5.74, 6) is 0. The summed E-state index contributed by atoms with van der Waals surface area (Å²) in [6.07, 6.45) is -0.535. The molecule has 0 aliphatic carbocycles. The molecule has 1 aromatic carbocycles. The van der Waals surface area contributed by atoms with Crippen LogP contribution in [0.3, 0.4) is 0 Å². The molecule has 0 aliphatic rings. The molecule has 6 nitrogen and oxygen atoms in total. The number of carbonyl (C=O) groups is 1. The molecule has 25 heavy (non-hydrogen) atoms. The van der Waals surface area contributed by atoms with Crippen LogP contribution in [0.4, 0.5) is 4.79 Å². The molecule has 0 saturated carbocycles. The van der Waals surface area contributed by atoms with Crippen LogP contribution in [-0.2, 0) is 19.0 Å². The maximum absolute atomic E-state index is 12.2. The van der Waals surface area contributed by atoms with Gasteiger partial charge in [-0.15, -0.1) is 0 Å². The van der Waals surface area contributed by atoms with Crippen LogP contribution < -0.4 is 0 Å². The van der Waals surface area contributed by atoms with E-state index in [9.17, 15) is 13.2 Å². The molecule has 7 heteroatoms. The van der Waals surface area contributed by atoms with Gasteiger partial charge in [0.2, 0.25) is 0 Å². The standard InChI is InChI=1S/C18H27NO5S/c1-14(2)13-19(17(20)24-18(4,5)6)11-12-23-25(21,22)16-9-7-15(3)8-10-16/h7-10H,1,11-13H2,2-6H3. The Morgan fingerprint density at radius 3 is 2.24 bits per heavy atom. The lowest BCUT2D eigenvalue weighted by atomic mass is 10.2. The van der Waals surface area contributed by atoms with Crippen LogP contribution in [0.1, 0.15) is 33.3 Å². The largest absolute Gasteiger partial charge is 0.444 e. The summed E-state index contributed by atoms with van der Waals surface area (Å²) in [5, 5.41) is 0. The van der Waals surface area contributed by atoms with Crippen molar-refractivity contribution in [2.75, 3.05) is 19.7 Å². The number of carbonyl (C=O) groups excluding carboxylic acids is 1. The maximum Gasteiger partial charge on any atom is 0.410 e. The number of rotatable bonds is 7. The van der Waals surface area contributed by atoms with E-state index in [2.05, 4.69) is 6.58 Å². The fraction of sp³-hybridized carbons (Fsp3) is 0.500. The minimum atomic E-state index is -3.86. The predicted octanol–water partition coefficient (Wildman–Crippen LogP) is 3.51. The SMILES string of the molecule is C=C(C)CN(CCOS(=O)(=O)c1ccc(C)cc1)C(=O)OC(C)(C)C. The third-order valence-corrected chi connectivity index (χ3v) is 4.35. The van der Waals surface area contributed by atoms with Gasteiger partial charge in [0.25, 0.3) is 10.1 Å². The van der Waals surface area contributed by atoms with E-state index < -0.39 is 21.8 Å². The van der Waals surface area contributed by atoms with Crippen LogP contribution in [0.5, 0.6) is 0 Å². The van der Waals surface area contributed by atoms with Gasteiger partial charge in [0.05, 0.1) is 11.5 Å². The third-order valence-electron chi connectivity index (χ3n) is 3.02. The van der Waals surface area contributed by atoms with Crippen molar-refractivity contribution in [1.29, 1.82) is 0 Å². The summed E-state index contributed by atoms with van der Waals surface area (Å²) in [5.41, 5.74) is 1.07. The van der Waals surface area contributed by atoms with E-state index in [0.29, 0.717) is 0 Å². The lowest BCUT2D eigenvalue weighted by molar-refractivity contribution is 0.0245. The van der Waals surface area contributed by atoms with E-state index in [1.165, 1.54) is 17.0 Å². The Kier molecular flexibility index (Phi) is 7.19. The third kappa shape index (κ3) is 7.70. The summed E-state index contributed by atoms with van der Waals surface area (Å²) in [7, 11) is -3.86. The normalized spacial score (nSPS) is 11.9. The molecule has 0 aromatic heterocycles. The molecule has 0 spiro atoms. The Bertz CT molecular complexity index is 702. The molecule has 0 heterocycles. The number of ether oxygens (including phenoxy) is 1. The van der Waals surface area contributed by atoms with E-state index in [0.717, 1.165) is 11.1 Å². The Morgan fingerprint density at radius 1 is 1.20 bits per heavy atom. The summed E-state index contributed by atoms with van der Waals surface area (Å²) in [4.78, 5) is 13.7. The number of aryl methyl sites for hydroxylation is 1. The average molecular weight is 369 g/mol. The lowest BCUT2D eigenvalue weighted by Gasteiger charge is -2.27. The molecule has 0 atom stereocenters. The molecular weight excluding hydrogens is 342 g/mol. The molecule has 0 N–H and O–H groups in total. The number of benzene rings is 1. The van der Waals surface area contributed by atoms with Crippen LogP contribution in [-0.4, -0.2) is 44.7 Å². The molecule has 0 radical (unpaired) electrons. The molecule has 0 unspecified atom stereocenters. The maximum atomic E-state index is 12.2. The first kappa shape index (κ1) is 21.2. The van der Waals surface area contributed by atoms with E-state index >= 15 is 0 Å². The Hall–Kier alpha value is -1.86. The zero-order chi connectivity index (χ0) is 19.3. The van der Waals surface area contributed by atoms with Crippen molar-refractivity contribution in [3.63, 3.8) is 0 Å². The van der Waals surface area contributed by atoms with Crippen LogP contribution in [0.25, 0.3) is 0 Å². The second-order valence-corrected chi connectivity index (χ2v) is 8.56. The highest BCUT2D eigenvalue weighted by Crippen LogP contribution is 2.14. The molecule has 0 aliphatic heterocycles. The lowest BCUT2D eigenvalue weighted by Crippen LogP contribution is -2.39. The first-order chi connectivity index (χ1) is 11.4. The van der Waals surface area contributed by atoms with Crippen molar-refractivity contribution in [1.82, 2.24) is 4.90 Å². The van der Waals surface area contributed by atoms with Gasteiger partial charge in [-0.25, -0.2) is 4.79 Å². The zero-order valence-electron chi connectivity index (χ0n) is 15.5. The molecule has 1 rings (SSSR count). The van der Waals surface area contributed by atoms with Crippen LogP contribution >= 0.6 is 0 Å². The van der Waals surface area contributed by atoms with Gasteiger partial charge in [0.1, 0.15) is 5.60 Å². The van der Waals surface area contributed by atoms with Gasteiger partial charge < -0.3 is 9.64 Å². The van der Waals surface area contributed by atoms with Crippen LogP contribution in [0.15, 0.2) is 41.3 Å². The number of hydrogen-bond donors (Lipinski definition) is 0. The Morgan fingerprint density at radius 2 is 1.76 bits per heavy atom. The number of nitrogens with zero attached hydrogens (tertiary/aromatic N) is 1. The summed E-state index contributed by atoms with van der Waals surface area (Å²) >= 11 is 0. The minimum Gasteiger partial charge on any atom is -0.444 e. The smallest absolute Gasteiger partial charge is 0.410 e. The second kappa shape index (κ2) is 8.49. The van der Waals surface area contributed by atoms with Crippen molar-refractivity contribution in [2.24, 2.45) is 0 Å². The first-order valence-corrected chi connectivity index (χ1v) is 9.40. The van der Waals surface area contributed by atoms with Crippen molar-refractivity contribution in [2.45, 2.75) is 45.1 Å². The van der Waals surface area contributed by atoms with Crippen molar-refractivity contribution in [3.8, 4) is 0 Å². The molecule has 0 bridgehead atoms. The van der Waals surface area contributed by atoms with E-state index in [4.69, 9.17) is 8.92 Å². The van der Waals surface area contributed by atoms with Gasteiger partial charge in [-0.2, -0.15) is 8.42 Å². The fourth-order valence-electron chi connectivity index (χ4n) is 1.92. The number of amides is 1. The zero-order valence-corrected chi connectivity index (χ0v) is 16.4. The van der Waals surface area contributed by atoms with Crippen LogP contribution in [0, 0.1) is 6.92 Å². The highest BCUT2D eigenvalue weighted by atomic mass is 32.2. The molecule has 0 fully saturated rings. The topological polar surface area (TPSA) is 72.9 Å². The van der Waals surface area contributed by atoms with Crippen molar-refractivity contribution in [3.05, 3.63) is 42.0 Å². The quantitative estimate of drug-likeness (QED) is 0.543. The van der Waals surface area contributed by atoms with Crippen molar-refractivity contribution >= 4 is 16.2 Å². The first-order valence-electron chi connectivity index (χ1n) is 7.99. The monoisotopic (exact) mass is 369 g/mol. The molecule has 1 amide bonds. The fourth-order valence-corrected chi connectivity index (χ4v) is 2.82. The average Bonchev–Trinajstić information content (AvgIpc) is 2.44. The van der Waals surface area contributed by atoms with Crippen molar-refractivity contribution < 1.29 is 22.1 Å². The summed E-state index contributed by atoms with van der Waals surface area (Å²) in [6, 6.07) is 6.38. The molecule has 0 saturated heterocycles. The summed E-state index contributed by atoms with van der Waals surface area (Å²) in [6.45, 7) is 12.9. The Labute approximate surface area is 150 Å². The highest BCUT2D eigenvalue weighted by molar-refractivity contribution is 7.86. The molecular formula is C18H27NO5S. The molecule has 1 aromatic rings. The minimum absolute atomic E-state index is 0.0763. The van der Waals surface area contributed by atoms with Gasteiger partial charge in [-0.05, 0) is 46.8 Å². The van der Waals surface area contributed by atoms with Crippen LogP contribution in [0.2, 0.25) is 0 Å². The molecule has 140 valence electrons. The predicted molar refractivity (Wildman–Crippen MR) is 96.9 cm³/mol. The van der Waals surface area contributed by atoms with Gasteiger partial charge in [-0.3, -0.25) is 4.18 Å². The van der Waals surface area contributed by atoms with E-state index in [1.54, 1.807) is 39.8 Å².